The summed E-state index contributed by atoms with van der Waals surface area (Å²) in [5.41, 5.74) is -1.47. The fourth-order valence-corrected chi connectivity index (χ4v) is 3.07. The Morgan fingerprint density at radius 2 is 1.71 bits per heavy atom. The molecule has 4 amide bonds. The number of nitrogens with one attached hydrogen (secondary N) is 2. The van der Waals surface area contributed by atoms with E-state index in [0.29, 0.717) is 10.5 Å². The lowest BCUT2D eigenvalue weighted by Crippen LogP contribution is -2.44. The maximum Gasteiger partial charge on any atom is 0.325 e. The minimum Gasteiger partial charge on any atom is -0.322 e. The van der Waals surface area contributed by atoms with E-state index in [1.165, 1.54) is 12.1 Å². The normalized spacial score (nSPS) is 18.9. The number of carbonyl (C=O) groups excluding carboxylic acids is 3. The molecule has 1 aliphatic rings. The van der Waals surface area contributed by atoms with Crippen LogP contribution in [0.5, 0.6) is 0 Å². The van der Waals surface area contributed by atoms with E-state index in [-0.39, 0.29) is 6.42 Å². The van der Waals surface area contributed by atoms with Crippen LogP contribution in [0.1, 0.15) is 18.9 Å². The van der Waals surface area contributed by atoms with Gasteiger partial charge in [-0.25, -0.2) is 18.0 Å². The van der Waals surface area contributed by atoms with E-state index in [9.17, 15) is 27.6 Å². The number of amides is 4. The Labute approximate surface area is 158 Å². The molecule has 0 bridgehead atoms. The summed E-state index contributed by atoms with van der Waals surface area (Å²) in [6.45, 7) is 0.969. The fraction of sp³-hybridized carbons (Fsp3) is 0.211. The van der Waals surface area contributed by atoms with Crippen molar-refractivity contribution in [3.05, 3.63) is 65.5 Å². The first-order chi connectivity index (χ1) is 13.3. The molecule has 0 aliphatic carbocycles. The van der Waals surface area contributed by atoms with Gasteiger partial charge in [-0.15, -0.1) is 0 Å². The minimum absolute atomic E-state index is 0.167. The summed E-state index contributed by atoms with van der Waals surface area (Å²) in [5, 5.41) is 4.68. The summed E-state index contributed by atoms with van der Waals surface area (Å²) in [4.78, 5) is 38.1. The van der Waals surface area contributed by atoms with Crippen molar-refractivity contribution in [2.24, 2.45) is 0 Å². The lowest BCUT2D eigenvalue weighted by atomic mass is 9.87. The number of hydrogen-bond donors (Lipinski definition) is 2. The van der Waals surface area contributed by atoms with Crippen LogP contribution in [-0.2, 0) is 15.1 Å². The minimum atomic E-state index is -1.44. The quantitative estimate of drug-likeness (QED) is 0.770. The molecule has 1 heterocycles. The first kappa shape index (κ1) is 19.4. The van der Waals surface area contributed by atoms with Gasteiger partial charge in [0.1, 0.15) is 29.5 Å². The fourth-order valence-electron chi connectivity index (χ4n) is 3.07. The Balaban J connectivity index is 1.80. The lowest BCUT2D eigenvalue weighted by molar-refractivity contribution is -0.134. The van der Waals surface area contributed by atoms with Crippen molar-refractivity contribution < 1.29 is 27.6 Å². The number of imide groups is 1. The number of nitrogens with zero attached hydrogens (tertiary/aromatic N) is 1. The summed E-state index contributed by atoms with van der Waals surface area (Å²) in [7, 11) is 0. The molecule has 1 saturated heterocycles. The van der Waals surface area contributed by atoms with Crippen molar-refractivity contribution in [3.8, 4) is 0 Å². The van der Waals surface area contributed by atoms with Gasteiger partial charge in [-0.1, -0.05) is 19.1 Å². The van der Waals surface area contributed by atoms with Crippen molar-refractivity contribution in [3.63, 3.8) is 0 Å². The molecule has 2 aromatic carbocycles. The SMILES string of the molecule is CC[C@@]1(c2ccc(F)cc2)NC(=O)N(CC(=O)Nc2cc(F)ccc2F)C1=O. The molecule has 0 aromatic heterocycles. The average Bonchev–Trinajstić information content (AvgIpc) is 2.90. The molecular formula is C19H16F3N3O3. The monoisotopic (exact) mass is 391 g/mol. The average molecular weight is 391 g/mol. The number of urea groups is 1. The van der Waals surface area contributed by atoms with Crippen LogP contribution in [0.15, 0.2) is 42.5 Å². The number of hydrogen-bond acceptors (Lipinski definition) is 3. The molecule has 28 heavy (non-hydrogen) atoms. The molecule has 0 spiro atoms. The summed E-state index contributed by atoms with van der Waals surface area (Å²) >= 11 is 0. The van der Waals surface area contributed by atoms with E-state index >= 15 is 0 Å². The van der Waals surface area contributed by atoms with E-state index in [1.54, 1.807) is 6.92 Å². The molecule has 9 heteroatoms. The molecule has 146 valence electrons. The highest BCUT2D eigenvalue weighted by Crippen LogP contribution is 2.32. The van der Waals surface area contributed by atoms with Crippen LogP contribution in [0.4, 0.5) is 23.7 Å². The van der Waals surface area contributed by atoms with Gasteiger partial charge in [0.2, 0.25) is 5.91 Å². The maximum atomic E-state index is 13.7. The maximum absolute atomic E-state index is 13.7. The summed E-state index contributed by atoms with van der Waals surface area (Å²) in [6.07, 6.45) is 0.167. The Morgan fingerprint density at radius 1 is 1.07 bits per heavy atom. The van der Waals surface area contributed by atoms with Gasteiger partial charge >= 0.3 is 6.03 Å². The number of anilines is 1. The van der Waals surface area contributed by atoms with Crippen molar-refractivity contribution in [2.45, 2.75) is 18.9 Å². The van der Waals surface area contributed by atoms with Crippen molar-refractivity contribution >= 4 is 23.5 Å². The second-order valence-corrected chi connectivity index (χ2v) is 6.26. The second-order valence-electron chi connectivity index (χ2n) is 6.26. The Bertz CT molecular complexity index is 949. The highest BCUT2D eigenvalue weighted by atomic mass is 19.1. The van der Waals surface area contributed by atoms with Gasteiger partial charge in [-0.2, -0.15) is 0 Å². The highest BCUT2D eigenvalue weighted by molar-refractivity contribution is 6.10. The topological polar surface area (TPSA) is 78.5 Å². The van der Waals surface area contributed by atoms with Gasteiger partial charge in [-0.3, -0.25) is 14.5 Å². The predicted octanol–water partition coefficient (Wildman–Crippen LogP) is 2.90. The smallest absolute Gasteiger partial charge is 0.322 e. The van der Waals surface area contributed by atoms with Gasteiger partial charge in [0.25, 0.3) is 5.91 Å². The van der Waals surface area contributed by atoms with Gasteiger partial charge in [0, 0.05) is 6.07 Å². The van der Waals surface area contributed by atoms with E-state index in [2.05, 4.69) is 10.6 Å². The van der Waals surface area contributed by atoms with Crippen molar-refractivity contribution in [1.29, 1.82) is 0 Å². The van der Waals surface area contributed by atoms with E-state index in [1.807, 2.05) is 0 Å². The van der Waals surface area contributed by atoms with Crippen molar-refractivity contribution in [1.82, 2.24) is 10.2 Å². The first-order valence-corrected chi connectivity index (χ1v) is 8.42. The van der Waals surface area contributed by atoms with Gasteiger partial charge in [0.05, 0.1) is 5.69 Å². The van der Waals surface area contributed by atoms with E-state index < -0.39 is 53.1 Å². The molecule has 2 aromatic rings. The highest BCUT2D eigenvalue weighted by Gasteiger charge is 2.51. The third kappa shape index (κ3) is 3.42. The van der Waals surface area contributed by atoms with Crippen LogP contribution in [0.2, 0.25) is 0 Å². The number of rotatable bonds is 5. The zero-order valence-corrected chi connectivity index (χ0v) is 14.8. The van der Waals surface area contributed by atoms with E-state index in [4.69, 9.17) is 0 Å². The zero-order valence-electron chi connectivity index (χ0n) is 14.8. The lowest BCUT2D eigenvalue weighted by Gasteiger charge is -2.25. The number of halogens is 3. The molecule has 1 atom stereocenters. The molecule has 6 nitrogen and oxygen atoms in total. The molecule has 1 fully saturated rings. The molecule has 0 unspecified atom stereocenters. The Morgan fingerprint density at radius 3 is 2.36 bits per heavy atom. The van der Waals surface area contributed by atoms with Gasteiger partial charge < -0.3 is 10.6 Å². The summed E-state index contributed by atoms with van der Waals surface area (Å²) in [5.74, 6) is -3.69. The molecular weight excluding hydrogens is 375 g/mol. The first-order valence-electron chi connectivity index (χ1n) is 8.42. The van der Waals surface area contributed by atoms with Crippen LogP contribution >= 0.6 is 0 Å². The van der Waals surface area contributed by atoms with Crippen LogP contribution in [0.3, 0.4) is 0 Å². The molecule has 2 N–H and O–H groups in total. The molecule has 0 saturated carbocycles. The number of benzene rings is 2. The van der Waals surface area contributed by atoms with E-state index in [0.717, 1.165) is 30.3 Å². The van der Waals surface area contributed by atoms with Gasteiger partial charge in [-0.05, 0) is 36.2 Å². The standard InChI is InChI=1S/C19H16F3N3O3/c1-2-19(11-3-5-12(20)6-4-11)17(27)25(18(28)24-19)10-16(26)23-15-9-13(21)7-8-14(15)22/h3-9H,2,10H2,1H3,(H,23,26)(H,24,28)/t19-/m0/s1. The Hall–Kier alpha value is -3.36. The van der Waals surface area contributed by atoms with Crippen molar-refractivity contribution in [2.75, 3.05) is 11.9 Å². The Kier molecular flexibility index (Phi) is 5.08. The third-order valence-electron chi connectivity index (χ3n) is 4.55. The summed E-state index contributed by atoms with van der Waals surface area (Å²) < 4.78 is 40.1. The number of carbonyl (C=O) groups is 3. The van der Waals surface area contributed by atoms with Crippen LogP contribution in [0.25, 0.3) is 0 Å². The van der Waals surface area contributed by atoms with Crippen LogP contribution in [-0.4, -0.2) is 29.3 Å². The molecule has 0 radical (unpaired) electrons. The van der Waals surface area contributed by atoms with Gasteiger partial charge in [0.15, 0.2) is 0 Å². The third-order valence-corrected chi connectivity index (χ3v) is 4.55. The van der Waals surface area contributed by atoms with Crippen LogP contribution < -0.4 is 10.6 Å². The second kappa shape index (κ2) is 7.34. The molecule has 3 rings (SSSR count). The summed E-state index contributed by atoms with van der Waals surface area (Å²) in [6, 6.07) is 6.78. The largest absolute Gasteiger partial charge is 0.325 e. The predicted molar refractivity (Wildman–Crippen MR) is 93.6 cm³/mol. The zero-order chi connectivity index (χ0) is 20.5. The molecule has 1 aliphatic heterocycles. The van der Waals surface area contributed by atoms with Crippen LogP contribution in [0, 0.1) is 17.5 Å².